The fraction of sp³-hybridized carbons (Fsp3) is 0.267. The molecule has 6 nitrogen and oxygen atoms in total. The highest BCUT2D eigenvalue weighted by molar-refractivity contribution is 5.93. The largest absolute Gasteiger partial charge is 0.478 e. The van der Waals surface area contributed by atoms with Crippen molar-refractivity contribution in [1.29, 1.82) is 0 Å². The third kappa shape index (κ3) is 2.29. The van der Waals surface area contributed by atoms with Gasteiger partial charge in [-0.25, -0.2) is 9.78 Å². The van der Waals surface area contributed by atoms with Crippen molar-refractivity contribution in [3.05, 3.63) is 52.7 Å². The molecule has 108 valence electrons. The first-order valence-electron chi connectivity index (χ1n) is 6.61. The molecule has 1 aromatic carbocycles. The van der Waals surface area contributed by atoms with Crippen molar-refractivity contribution >= 4 is 11.9 Å². The van der Waals surface area contributed by atoms with E-state index in [1.807, 2.05) is 6.07 Å². The first kappa shape index (κ1) is 13.4. The Kier molecular flexibility index (Phi) is 3.21. The van der Waals surface area contributed by atoms with Gasteiger partial charge < -0.3 is 14.4 Å². The summed E-state index contributed by atoms with van der Waals surface area (Å²) in [5.74, 6) is -1.01. The molecule has 0 saturated heterocycles. The van der Waals surface area contributed by atoms with Gasteiger partial charge in [0.1, 0.15) is 0 Å². The number of carbonyl (C=O) groups excluding carboxylic acids is 1. The molecule has 2 aromatic rings. The number of hydrogen-bond donors (Lipinski definition) is 1. The minimum absolute atomic E-state index is 0.214. The van der Waals surface area contributed by atoms with E-state index >= 15 is 0 Å². The van der Waals surface area contributed by atoms with E-state index in [9.17, 15) is 14.7 Å². The molecule has 0 unspecified atom stereocenters. The first-order chi connectivity index (χ1) is 10.1. The first-order valence-corrected chi connectivity index (χ1v) is 6.61. The molecule has 0 fully saturated rings. The second-order valence-electron chi connectivity index (χ2n) is 4.99. The van der Waals surface area contributed by atoms with Crippen molar-refractivity contribution in [2.24, 2.45) is 0 Å². The summed E-state index contributed by atoms with van der Waals surface area (Å²) in [6.07, 6.45) is 1.87. The van der Waals surface area contributed by atoms with Gasteiger partial charge in [0.25, 0.3) is 5.91 Å². The van der Waals surface area contributed by atoms with Crippen molar-refractivity contribution < 1.29 is 19.1 Å². The number of aromatic nitrogens is 1. The van der Waals surface area contributed by atoms with E-state index in [1.165, 1.54) is 6.39 Å². The zero-order chi connectivity index (χ0) is 15.0. The van der Waals surface area contributed by atoms with E-state index < -0.39 is 5.97 Å². The number of oxazole rings is 1. The lowest BCUT2D eigenvalue weighted by atomic mass is 9.94. The quantitative estimate of drug-likeness (QED) is 0.911. The van der Waals surface area contributed by atoms with Crippen molar-refractivity contribution in [3.8, 4) is 0 Å². The maximum absolute atomic E-state index is 12.4. The number of fused-ring (bicyclic) bond motifs is 1. The predicted octanol–water partition coefficient (Wildman–Crippen LogP) is 1.88. The van der Waals surface area contributed by atoms with Crippen molar-refractivity contribution in [3.63, 3.8) is 0 Å². The Morgan fingerprint density at radius 3 is 2.86 bits per heavy atom. The molecule has 0 radical (unpaired) electrons. The van der Waals surface area contributed by atoms with Gasteiger partial charge in [-0.15, -0.1) is 0 Å². The normalized spacial score (nSPS) is 13.9. The molecule has 0 bridgehead atoms. The minimum atomic E-state index is -0.975. The highest BCUT2D eigenvalue weighted by Crippen LogP contribution is 2.24. The minimum Gasteiger partial charge on any atom is -0.478 e. The third-order valence-corrected chi connectivity index (χ3v) is 3.73. The molecule has 1 aliphatic heterocycles. The lowest BCUT2D eigenvalue weighted by Crippen LogP contribution is -2.37. The number of hydrogen-bond acceptors (Lipinski definition) is 4. The standard InChI is InChI=1S/C15H14N2O4/c1-9-13(21-8-16-9)14(18)17-6-5-10-3-2-4-11(15(19)20)12(10)7-17/h2-4,8H,5-7H2,1H3,(H,19,20). The van der Waals surface area contributed by atoms with E-state index in [4.69, 9.17) is 4.42 Å². The molecule has 3 rings (SSSR count). The summed E-state index contributed by atoms with van der Waals surface area (Å²) in [6.45, 7) is 2.52. The predicted molar refractivity (Wildman–Crippen MR) is 73.1 cm³/mol. The van der Waals surface area contributed by atoms with E-state index in [0.717, 1.165) is 5.56 Å². The maximum atomic E-state index is 12.4. The van der Waals surface area contributed by atoms with Crippen LogP contribution in [-0.2, 0) is 13.0 Å². The molecule has 6 heteroatoms. The zero-order valence-electron chi connectivity index (χ0n) is 11.5. The van der Waals surface area contributed by atoms with Crippen molar-refractivity contribution in [2.75, 3.05) is 6.54 Å². The number of nitrogens with zero attached hydrogens (tertiary/aromatic N) is 2. The molecule has 2 heterocycles. The molecule has 0 saturated carbocycles. The summed E-state index contributed by atoms with van der Waals surface area (Å²) < 4.78 is 5.13. The maximum Gasteiger partial charge on any atom is 0.336 e. The fourth-order valence-corrected chi connectivity index (χ4v) is 2.61. The second kappa shape index (κ2) is 5.05. The lowest BCUT2D eigenvalue weighted by molar-refractivity contribution is 0.0667. The van der Waals surface area contributed by atoms with Gasteiger partial charge in [-0.1, -0.05) is 12.1 Å². The number of carbonyl (C=O) groups is 2. The SMILES string of the molecule is Cc1ncoc1C(=O)N1CCc2cccc(C(=O)O)c2C1. The van der Waals surface area contributed by atoms with Crippen LogP contribution in [-0.4, -0.2) is 33.4 Å². The van der Waals surface area contributed by atoms with Gasteiger partial charge in [-0.3, -0.25) is 4.79 Å². The smallest absolute Gasteiger partial charge is 0.336 e. The Morgan fingerprint density at radius 1 is 1.38 bits per heavy atom. The number of amides is 1. The molecular weight excluding hydrogens is 272 g/mol. The molecule has 0 atom stereocenters. The highest BCUT2D eigenvalue weighted by atomic mass is 16.4. The Bertz CT molecular complexity index is 720. The number of aryl methyl sites for hydroxylation is 1. The Labute approximate surface area is 121 Å². The number of aromatic carboxylic acids is 1. The molecule has 1 aromatic heterocycles. The lowest BCUT2D eigenvalue weighted by Gasteiger charge is -2.29. The molecule has 1 amide bonds. The number of carboxylic acid groups (broad SMARTS) is 1. The van der Waals surface area contributed by atoms with Crippen LogP contribution in [0.25, 0.3) is 0 Å². The van der Waals surface area contributed by atoms with Gasteiger partial charge >= 0.3 is 5.97 Å². The van der Waals surface area contributed by atoms with Crippen LogP contribution in [0.15, 0.2) is 29.0 Å². The highest BCUT2D eigenvalue weighted by Gasteiger charge is 2.27. The van der Waals surface area contributed by atoms with Crippen LogP contribution >= 0.6 is 0 Å². The van der Waals surface area contributed by atoms with Gasteiger partial charge in [0.15, 0.2) is 6.39 Å². The summed E-state index contributed by atoms with van der Waals surface area (Å²) >= 11 is 0. The van der Waals surface area contributed by atoms with Crippen LogP contribution in [0.4, 0.5) is 0 Å². The van der Waals surface area contributed by atoms with Crippen molar-refractivity contribution in [1.82, 2.24) is 9.88 Å². The summed E-state index contributed by atoms with van der Waals surface area (Å²) in [5.41, 5.74) is 2.46. The summed E-state index contributed by atoms with van der Waals surface area (Å²) in [6, 6.07) is 5.21. The summed E-state index contributed by atoms with van der Waals surface area (Å²) in [5, 5.41) is 9.26. The number of carboxylic acids is 1. The molecule has 0 spiro atoms. The van der Waals surface area contributed by atoms with Crippen LogP contribution in [0.3, 0.4) is 0 Å². The molecule has 1 N–H and O–H groups in total. The average molecular weight is 286 g/mol. The van der Waals surface area contributed by atoms with E-state index in [-0.39, 0.29) is 23.8 Å². The monoisotopic (exact) mass is 286 g/mol. The van der Waals surface area contributed by atoms with E-state index in [0.29, 0.717) is 24.2 Å². The summed E-state index contributed by atoms with van der Waals surface area (Å²) in [4.78, 5) is 29.2. The third-order valence-electron chi connectivity index (χ3n) is 3.73. The van der Waals surface area contributed by atoms with Crippen LogP contribution in [0.2, 0.25) is 0 Å². The fourth-order valence-electron chi connectivity index (χ4n) is 2.61. The van der Waals surface area contributed by atoms with E-state index in [1.54, 1.807) is 24.0 Å². The second-order valence-corrected chi connectivity index (χ2v) is 4.99. The molecule has 1 aliphatic rings. The number of rotatable bonds is 2. The zero-order valence-corrected chi connectivity index (χ0v) is 11.5. The summed E-state index contributed by atoms with van der Waals surface area (Å²) in [7, 11) is 0. The van der Waals surface area contributed by atoms with Crippen LogP contribution < -0.4 is 0 Å². The Hall–Kier alpha value is -2.63. The van der Waals surface area contributed by atoms with Crippen LogP contribution in [0, 0.1) is 6.92 Å². The van der Waals surface area contributed by atoms with Gasteiger partial charge in [0, 0.05) is 13.1 Å². The molecular formula is C15H14N2O4. The Morgan fingerprint density at radius 2 is 2.19 bits per heavy atom. The Balaban J connectivity index is 1.92. The van der Waals surface area contributed by atoms with Gasteiger partial charge in [-0.05, 0) is 30.5 Å². The van der Waals surface area contributed by atoms with Crippen molar-refractivity contribution in [2.45, 2.75) is 19.9 Å². The number of benzene rings is 1. The van der Waals surface area contributed by atoms with E-state index in [2.05, 4.69) is 4.98 Å². The topological polar surface area (TPSA) is 83.6 Å². The molecule has 21 heavy (non-hydrogen) atoms. The van der Waals surface area contributed by atoms with Gasteiger partial charge in [0.05, 0.1) is 11.3 Å². The van der Waals surface area contributed by atoms with Gasteiger partial charge in [-0.2, -0.15) is 0 Å². The van der Waals surface area contributed by atoms with Crippen LogP contribution in [0.5, 0.6) is 0 Å². The molecule has 0 aliphatic carbocycles. The van der Waals surface area contributed by atoms with Gasteiger partial charge in [0.2, 0.25) is 5.76 Å². The average Bonchev–Trinajstić information content (AvgIpc) is 2.91. The van der Waals surface area contributed by atoms with Crippen LogP contribution in [0.1, 0.15) is 37.7 Å².